The van der Waals surface area contributed by atoms with E-state index in [1.54, 1.807) is 0 Å². The number of rotatable bonds is 10. The van der Waals surface area contributed by atoms with Crippen LogP contribution in [-0.4, -0.2) is 47.1 Å². The first-order valence-corrected chi connectivity index (χ1v) is 13.3. The second-order valence-electron chi connectivity index (χ2n) is 9.73. The minimum Gasteiger partial charge on any atom is -0.494 e. The summed E-state index contributed by atoms with van der Waals surface area (Å²) in [6.45, 7) is 3.85. The second kappa shape index (κ2) is 11.7. The molecule has 0 bridgehead atoms. The Balaban J connectivity index is 1.54. The molecule has 6 nitrogen and oxygen atoms in total. The van der Waals surface area contributed by atoms with Gasteiger partial charge in [0.15, 0.2) is 11.6 Å². The Hall–Kier alpha value is -3.90. The summed E-state index contributed by atoms with van der Waals surface area (Å²) in [5.41, 5.74) is 2.88. The van der Waals surface area contributed by atoms with Gasteiger partial charge in [0.05, 0.1) is 6.61 Å². The molecule has 0 spiro atoms. The molecule has 0 saturated heterocycles. The van der Waals surface area contributed by atoms with Crippen LogP contribution in [0, 0.1) is 0 Å². The van der Waals surface area contributed by atoms with Crippen molar-refractivity contribution in [1.29, 1.82) is 0 Å². The van der Waals surface area contributed by atoms with E-state index in [1.807, 2.05) is 83.8 Å². The summed E-state index contributed by atoms with van der Waals surface area (Å²) in [6.07, 6.45) is 5.44. The Morgan fingerprint density at radius 3 is 2.61 bits per heavy atom. The maximum Gasteiger partial charge on any atom is 0.255 e. The highest BCUT2D eigenvalue weighted by Crippen LogP contribution is 2.47. The van der Waals surface area contributed by atoms with Crippen LogP contribution in [0.25, 0.3) is 6.08 Å². The number of nitrogens with zero attached hydrogens (tertiary/aromatic N) is 2. The van der Waals surface area contributed by atoms with E-state index in [2.05, 4.69) is 19.1 Å². The van der Waals surface area contributed by atoms with Gasteiger partial charge in [-0.1, -0.05) is 73.7 Å². The lowest BCUT2D eigenvalue weighted by Gasteiger charge is -2.31. The van der Waals surface area contributed by atoms with Gasteiger partial charge in [0.25, 0.3) is 5.91 Å². The van der Waals surface area contributed by atoms with Crippen molar-refractivity contribution >= 4 is 17.9 Å². The van der Waals surface area contributed by atoms with Gasteiger partial charge in [-0.25, -0.2) is 4.99 Å². The minimum absolute atomic E-state index is 0.00258. The number of carbonyl (C=O) groups is 1. The quantitative estimate of drug-likeness (QED) is 0.363. The summed E-state index contributed by atoms with van der Waals surface area (Å²) in [4.78, 5) is 21.3. The van der Waals surface area contributed by atoms with Crippen LogP contribution in [0.3, 0.4) is 0 Å². The van der Waals surface area contributed by atoms with Gasteiger partial charge < -0.3 is 19.5 Å². The van der Waals surface area contributed by atoms with Crippen molar-refractivity contribution in [2.45, 2.75) is 44.4 Å². The molecule has 2 atom stereocenters. The van der Waals surface area contributed by atoms with Crippen molar-refractivity contribution < 1.29 is 19.4 Å². The molecule has 0 radical (unpaired) electrons. The molecule has 38 heavy (non-hydrogen) atoms. The fourth-order valence-corrected chi connectivity index (χ4v) is 5.15. The number of aliphatic imine (C=N–C) groups is 1. The van der Waals surface area contributed by atoms with Crippen LogP contribution >= 0.6 is 0 Å². The first-order chi connectivity index (χ1) is 18.6. The molecular weight excluding hydrogens is 476 g/mol. The molecular formula is C32H34N2O4. The van der Waals surface area contributed by atoms with Crippen molar-refractivity contribution in [3.63, 3.8) is 0 Å². The highest BCUT2D eigenvalue weighted by Gasteiger charge is 2.55. The fraction of sp³-hybridized carbons (Fsp3) is 0.312. The molecule has 1 N–H and O–H groups in total. The van der Waals surface area contributed by atoms with E-state index < -0.39 is 11.6 Å². The zero-order valence-electron chi connectivity index (χ0n) is 21.8. The largest absolute Gasteiger partial charge is 0.494 e. The average molecular weight is 511 g/mol. The molecule has 0 aromatic heterocycles. The fourth-order valence-electron chi connectivity index (χ4n) is 5.15. The lowest BCUT2D eigenvalue weighted by molar-refractivity contribution is -0.139. The standard InChI is InChI=1S/C32H34N2O4/c1-2-20-34-23-26-13-6-7-14-28(26)29-32(31(34)36,19-8-12-24-10-4-3-5-11-24)33-30(38-29)25-15-17-27(18-16-25)37-22-9-21-35/h3-8,10-18,29,35H,2,9,19-23H2,1H3/b12-8+/t29-,32-/m0/s1. The van der Waals surface area contributed by atoms with Crippen molar-refractivity contribution in [2.75, 3.05) is 19.8 Å². The van der Waals surface area contributed by atoms with Gasteiger partial charge in [0, 0.05) is 43.7 Å². The molecule has 6 heteroatoms. The number of amides is 1. The van der Waals surface area contributed by atoms with Gasteiger partial charge in [-0.2, -0.15) is 0 Å². The molecule has 0 saturated carbocycles. The highest BCUT2D eigenvalue weighted by molar-refractivity contribution is 6.01. The highest BCUT2D eigenvalue weighted by atomic mass is 16.5. The van der Waals surface area contributed by atoms with Crippen LogP contribution in [0.15, 0.2) is 89.9 Å². The van der Waals surface area contributed by atoms with E-state index in [0.717, 1.165) is 28.7 Å². The predicted octanol–water partition coefficient (Wildman–Crippen LogP) is 5.56. The number of ether oxygens (including phenoxy) is 2. The Labute approximate surface area is 224 Å². The summed E-state index contributed by atoms with van der Waals surface area (Å²) in [5.74, 6) is 1.18. The summed E-state index contributed by atoms with van der Waals surface area (Å²) in [7, 11) is 0. The lowest BCUT2D eigenvalue weighted by atomic mass is 9.84. The number of aliphatic hydroxyl groups excluding tert-OH is 1. The van der Waals surface area contributed by atoms with Gasteiger partial charge in [0.2, 0.25) is 5.90 Å². The van der Waals surface area contributed by atoms with E-state index in [0.29, 0.717) is 44.2 Å². The third-order valence-corrected chi connectivity index (χ3v) is 7.03. The molecule has 0 fully saturated rings. The van der Waals surface area contributed by atoms with Crippen LogP contribution < -0.4 is 4.74 Å². The molecule has 2 heterocycles. The molecule has 3 aromatic carbocycles. The minimum atomic E-state index is -1.10. The van der Waals surface area contributed by atoms with Crippen molar-refractivity contribution in [3.8, 4) is 5.75 Å². The second-order valence-corrected chi connectivity index (χ2v) is 9.73. The summed E-state index contributed by atoms with van der Waals surface area (Å²) < 4.78 is 12.3. The summed E-state index contributed by atoms with van der Waals surface area (Å²) >= 11 is 0. The van der Waals surface area contributed by atoms with Crippen LogP contribution in [0.1, 0.15) is 54.5 Å². The maximum absolute atomic E-state index is 14.3. The SMILES string of the molecule is CCCN1Cc2ccccc2[C@@H]2OC(c3ccc(OCCCO)cc3)=N[C@]2(C/C=C/c2ccccc2)C1=O. The Bertz CT molecular complexity index is 1300. The molecule has 5 rings (SSSR count). The normalized spacial score (nSPS) is 20.5. The third kappa shape index (κ3) is 5.22. The van der Waals surface area contributed by atoms with Gasteiger partial charge >= 0.3 is 0 Å². The van der Waals surface area contributed by atoms with Gasteiger partial charge in [-0.15, -0.1) is 0 Å². The number of hydrogen-bond acceptors (Lipinski definition) is 5. The van der Waals surface area contributed by atoms with Gasteiger partial charge in [0.1, 0.15) is 5.75 Å². The first kappa shape index (κ1) is 25.7. The number of carbonyl (C=O) groups excluding carboxylic acids is 1. The smallest absolute Gasteiger partial charge is 0.255 e. The molecule has 1 amide bonds. The van der Waals surface area contributed by atoms with Crippen LogP contribution in [-0.2, 0) is 16.1 Å². The predicted molar refractivity (Wildman–Crippen MR) is 149 cm³/mol. The Kier molecular flexibility index (Phi) is 7.89. The molecule has 2 aliphatic heterocycles. The van der Waals surface area contributed by atoms with Crippen LogP contribution in [0.2, 0.25) is 0 Å². The van der Waals surface area contributed by atoms with E-state index in [4.69, 9.17) is 19.6 Å². The zero-order chi connectivity index (χ0) is 26.4. The van der Waals surface area contributed by atoms with E-state index in [-0.39, 0.29) is 12.5 Å². The van der Waals surface area contributed by atoms with Crippen LogP contribution in [0.5, 0.6) is 5.75 Å². The molecule has 0 aliphatic carbocycles. The van der Waals surface area contributed by atoms with E-state index in [9.17, 15) is 4.79 Å². The van der Waals surface area contributed by atoms with E-state index in [1.165, 1.54) is 0 Å². The van der Waals surface area contributed by atoms with Gasteiger partial charge in [-0.3, -0.25) is 4.79 Å². The van der Waals surface area contributed by atoms with Crippen molar-refractivity contribution in [1.82, 2.24) is 4.90 Å². The Morgan fingerprint density at radius 2 is 1.84 bits per heavy atom. The number of benzene rings is 3. The topological polar surface area (TPSA) is 71.4 Å². The van der Waals surface area contributed by atoms with Crippen molar-refractivity contribution in [2.24, 2.45) is 4.99 Å². The first-order valence-electron chi connectivity index (χ1n) is 13.3. The molecule has 196 valence electrons. The van der Waals surface area contributed by atoms with Gasteiger partial charge in [-0.05, 0) is 41.8 Å². The molecule has 3 aromatic rings. The summed E-state index contributed by atoms with van der Waals surface area (Å²) in [6, 6.07) is 25.8. The number of fused-ring (bicyclic) bond motifs is 3. The van der Waals surface area contributed by atoms with Crippen LogP contribution in [0.4, 0.5) is 0 Å². The molecule has 2 aliphatic rings. The summed E-state index contributed by atoms with van der Waals surface area (Å²) in [5, 5.41) is 9.00. The zero-order valence-corrected chi connectivity index (χ0v) is 21.8. The Morgan fingerprint density at radius 1 is 1.08 bits per heavy atom. The maximum atomic E-state index is 14.3. The van der Waals surface area contributed by atoms with Crippen molar-refractivity contribution in [3.05, 3.63) is 107 Å². The third-order valence-electron chi connectivity index (χ3n) is 7.03. The molecule has 0 unspecified atom stereocenters. The lowest BCUT2D eigenvalue weighted by Crippen LogP contribution is -2.48. The average Bonchev–Trinajstić information content (AvgIpc) is 3.30. The number of hydrogen-bond donors (Lipinski definition) is 1. The number of aliphatic hydroxyl groups is 1. The van der Waals surface area contributed by atoms with E-state index >= 15 is 0 Å². The monoisotopic (exact) mass is 510 g/mol.